The maximum atomic E-state index is 13.2. The Morgan fingerprint density at radius 2 is 1.92 bits per heavy atom. The van der Waals surface area contributed by atoms with Crippen molar-refractivity contribution in [1.29, 1.82) is 0 Å². The summed E-state index contributed by atoms with van der Waals surface area (Å²) in [6.45, 7) is 1.56. The first-order chi connectivity index (χ1) is 12.3. The van der Waals surface area contributed by atoms with Crippen molar-refractivity contribution in [2.24, 2.45) is 5.92 Å². The SMILES string of the molecule is CN(C(=O)[C@H]1CNC[C@@H]1c1ccccc1)c1cccc2cnccc12. The molecule has 25 heavy (non-hydrogen) atoms. The van der Waals surface area contributed by atoms with E-state index in [4.69, 9.17) is 0 Å². The van der Waals surface area contributed by atoms with Gasteiger partial charge in [-0.05, 0) is 17.7 Å². The van der Waals surface area contributed by atoms with Gasteiger partial charge in [0.2, 0.25) is 5.91 Å². The second kappa shape index (κ2) is 6.65. The highest BCUT2D eigenvalue weighted by Crippen LogP contribution is 2.32. The fourth-order valence-electron chi connectivity index (χ4n) is 3.75. The molecule has 2 atom stereocenters. The van der Waals surface area contributed by atoms with Gasteiger partial charge in [0.15, 0.2) is 0 Å². The monoisotopic (exact) mass is 331 g/mol. The number of carbonyl (C=O) groups excluding carboxylic acids is 1. The third kappa shape index (κ3) is 2.89. The summed E-state index contributed by atoms with van der Waals surface area (Å²) < 4.78 is 0. The Morgan fingerprint density at radius 1 is 1.08 bits per heavy atom. The molecule has 0 unspecified atom stereocenters. The average Bonchev–Trinajstić information content (AvgIpc) is 3.17. The van der Waals surface area contributed by atoms with E-state index in [1.165, 1.54) is 5.56 Å². The molecule has 126 valence electrons. The van der Waals surface area contributed by atoms with Crippen LogP contribution in [0.4, 0.5) is 5.69 Å². The maximum Gasteiger partial charge on any atom is 0.231 e. The molecule has 2 heterocycles. The summed E-state index contributed by atoms with van der Waals surface area (Å²) in [6.07, 6.45) is 3.61. The fourth-order valence-corrected chi connectivity index (χ4v) is 3.75. The van der Waals surface area contributed by atoms with E-state index in [-0.39, 0.29) is 17.7 Å². The van der Waals surface area contributed by atoms with E-state index in [2.05, 4.69) is 22.4 Å². The van der Waals surface area contributed by atoms with Gasteiger partial charge in [-0.15, -0.1) is 0 Å². The Labute approximate surface area is 147 Å². The summed E-state index contributed by atoms with van der Waals surface area (Å²) in [7, 11) is 1.87. The van der Waals surface area contributed by atoms with Gasteiger partial charge in [-0.1, -0.05) is 42.5 Å². The van der Waals surface area contributed by atoms with Crippen LogP contribution in [0.3, 0.4) is 0 Å². The number of hydrogen-bond donors (Lipinski definition) is 1. The molecule has 1 N–H and O–H groups in total. The first-order valence-corrected chi connectivity index (χ1v) is 8.61. The molecule has 0 spiro atoms. The zero-order valence-corrected chi connectivity index (χ0v) is 14.2. The lowest BCUT2D eigenvalue weighted by Crippen LogP contribution is -2.36. The van der Waals surface area contributed by atoms with Crippen molar-refractivity contribution in [2.75, 3.05) is 25.0 Å². The minimum Gasteiger partial charge on any atom is -0.315 e. The number of fused-ring (bicyclic) bond motifs is 1. The van der Waals surface area contributed by atoms with Crippen molar-refractivity contribution in [3.63, 3.8) is 0 Å². The van der Waals surface area contributed by atoms with Gasteiger partial charge in [0.25, 0.3) is 0 Å². The standard InChI is InChI=1S/C21H21N3O/c1-24(20-9-5-8-16-12-22-11-10-17(16)20)21(25)19-14-23-13-18(19)15-6-3-2-4-7-15/h2-12,18-19,23H,13-14H2,1H3/t18-,19+/m1/s1. The Hall–Kier alpha value is -2.72. The lowest BCUT2D eigenvalue weighted by molar-refractivity contribution is -0.121. The molecule has 4 rings (SSSR count). The Morgan fingerprint density at radius 3 is 2.76 bits per heavy atom. The normalized spacial score (nSPS) is 19.9. The van der Waals surface area contributed by atoms with Crippen LogP contribution in [0.2, 0.25) is 0 Å². The largest absolute Gasteiger partial charge is 0.315 e. The summed E-state index contributed by atoms with van der Waals surface area (Å²) in [5.74, 6) is 0.320. The number of nitrogens with one attached hydrogen (secondary N) is 1. The van der Waals surface area contributed by atoms with E-state index >= 15 is 0 Å². The molecule has 4 nitrogen and oxygen atoms in total. The summed E-state index contributed by atoms with van der Waals surface area (Å²) in [4.78, 5) is 19.2. The molecule has 2 aromatic carbocycles. The number of nitrogens with zero attached hydrogens (tertiary/aromatic N) is 2. The van der Waals surface area contributed by atoms with Crippen LogP contribution in [0, 0.1) is 5.92 Å². The van der Waals surface area contributed by atoms with Crippen molar-refractivity contribution in [3.05, 3.63) is 72.6 Å². The van der Waals surface area contributed by atoms with Gasteiger partial charge in [0.05, 0.1) is 11.6 Å². The van der Waals surface area contributed by atoms with E-state index in [0.29, 0.717) is 0 Å². The minimum atomic E-state index is -0.0514. The van der Waals surface area contributed by atoms with Crippen LogP contribution in [0.1, 0.15) is 11.5 Å². The van der Waals surface area contributed by atoms with Crippen LogP contribution in [-0.4, -0.2) is 31.0 Å². The summed E-state index contributed by atoms with van der Waals surface area (Å²) in [6, 6.07) is 18.3. The molecule has 0 aliphatic carbocycles. The van der Waals surface area contributed by atoms with Gasteiger partial charge in [0, 0.05) is 49.2 Å². The van der Waals surface area contributed by atoms with Gasteiger partial charge < -0.3 is 10.2 Å². The molecule has 1 saturated heterocycles. The zero-order valence-electron chi connectivity index (χ0n) is 14.2. The van der Waals surface area contributed by atoms with Gasteiger partial charge >= 0.3 is 0 Å². The van der Waals surface area contributed by atoms with Crippen LogP contribution in [0.25, 0.3) is 10.8 Å². The van der Waals surface area contributed by atoms with E-state index < -0.39 is 0 Å². The third-order valence-electron chi connectivity index (χ3n) is 5.11. The van der Waals surface area contributed by atoms with Crippen molar-refractivity contribution in [2.45, 2.75) is 5.92 Å². The highest BCUT2D eigenvalue weighted by molar-refractivity contribution is 6.04. The van der Waals surface area contributed by atoms with E-state index in [1.54, 1.807) is 11.1 Å². The van der Waals surface area contributed by atoms with E-state index in [0.717, 1.165) is 29.5 Å². The van der Waals surface area contributed by atoms with Crippen LogP contribution in [-0.2, 0) is 4.79 Å². The number of rotatable bonds is 3. The Kier molecular flexibility index (Phi) is 4.20. The molecule has 0 radical (unpaired) electrons. The quantitative estimate of drug-likeness (QED) is 0.802. The number of aromatic nitrogens is 1. The fraction of sp³-hybridized carbons (Fsp3) is 0.238. The molecule has 0 saturated carbocycles. The van der Waals surface area contributed by atoms with Gasteiger partial charge in [0.1, 0.15) is 0 Å². The highest BCUT2D eigenvalue weighted by atomic mass is 16.2. The molecular weight excluding hydrogens is 310 g/mol. The summed E-state index contributed by atoms with van der Waals surface area (Å²) in [5.41, 5.74) is 2.16. The maximum absolute atomic E-state index is 13.2. The predicted octanol–water partition coefficient (Wildman–Crippen LogP) is 3.20. The van der Waals surface area contributed by atoms with Crippen LogP contribution < -0.4 is 10.2 Å². The molecule has 1 aliphatic heterocycles. The smallest absolute Gasteiger partial charge is 0.231 e. The molecule has 4 heteroatoms. The summed E-state index contributed by atoms with van der Waals surface area (Å²) >= 11 is 0. The first kappa shape index (κ1) is 15.8. The number of pyridine rings is 1. The molecule has 0 bridgehead atoms. The lowest BCUT2D eigenvalue weighted by atomic mass is 9.88. The van der Waals surface area contributed by atoms with Gasteiger partial charge in [-0.2, -0.15) is 0 Å². The number of hydrogen-bond acceptors (Lipinski definition) is 3. The van der Waals surface area contributed by atoms with E-state index in [1.807, 2.05) is 55.7 Å². The molecule has 1 fully saturated rings. The first-order valence-electron chi connectivity index (χ1n) is 8.61. The molecule has 1 aromatic heterocycles. The van der Waals surface area contributed by atoms with Crippen molar-refractivity contribution in [3.8, 4) is 0 Å². The topological polar surface area (TPSA) is 45.2 Å². The highest BCUT2D eigenvalue weighted by Gasteiger charge is 2.36. The van der Waals surface area contributed by atoms with Crippen LogP contribution >= 0.6 is 0 Å². The zero-order chi connectivity index (χ0) is 17.2. The average molecular weight is 331 g/mol. The van der Waals surface area contributed by atoms with Crippen molar-refractivity contribution >= 4 is 22.4 Å². The third-order valence-corrected chi connectivity index (χ3v) is 5.11. The van der Waals surface area contributed by atoms with E-state index in [9.17, 15) is 4.79 Å². The second-order valence-electron chi connectivity index (χ2n) is 6.55. The lowest BCUT2D eigenvalue weighted by Gasteiger charge is -2.26. The molecule has 1 aliphatic rings. The summed E-state index contributed by atoms with van der Waals surface area (Å²) in [5, 5.41) is 5.48. The van der Waals surface area contributed by atoms with Crippen LogP contribution in [0.5, 0.6) is 0 Å². The number of benzene rings is 2. The number of anilines is 1. The van der Waals surface area contributed by atoms with Crippen molar-refractivity contribution < 1.29 is 4.79 Å². The van der Waals surface area contributed by atoms with Gasteiger partial charge in [-0.25, -0.2) is 0 Å². The Balaban J connectivity index is 1.65. The van der Waals surface area contributed by atoms with Gasteiger partial charge in [-0.3, -0.25) is 9.78 Å². The molecular formula is C21H21N3O. The van der Waals surface area contributed by atoms with Crippen LogP contribution in [0.15, 0.2) is 67.0 Å². The molecule has 1 amide bonds. The Bertz CT molecular complexity index is 889. The number of carbonyl (C=O) groups is 1. The van der Waals surface area contributed by atoms with Crippen molar-refractivity contribution in [1.82, 2.24) is 10.3 Å². The number of amides is 1. The second-order valence-corrected chi connectivity index (χ2v) is 6.55. The predicted molar refractivity (Wildman–Crippen MR) is 101 cm³/mol. The minimum absolute atomic E-state index is 0.0514. The molecule has 3 aromatic rings.